The molecule has 0 radical (unpaired) electrons. The van der Waals surface area contributed by atoms with E-state index >= 15 is 0 Å². The summed E-state index contributed by atoms with van der Waals surface area (Å²) >= 11 is 0. The lowest BCUT2D eigenvalue weighted by atomic mass is 9.97. The van der Waals surface area contributed by atoms with Crippen LogP contribution >= 0.6 is 0 Å². The van der Waals surface area contributed by atoms with Gasteiger partial charge in [-0.1, -0.05) is 81.1 Å². The molecule has 1 saturated carbocycles. The molecule has 7 heteroatoms. The Kier molecular flexibility index (Phi) is 16.4. The Morgan fingerprint density at radius 3 is 1.77 bits per heavy atom. The molecule has 2 aromatic rings. The predicted molar refractivity (Wildman–Crippen MR) is 145 cm³/mol. The summed E-state index contributed by atoms with van der Waals surface area (Å²) < 4.78 is 15.7. The van der Waals surface area contributed by atoms with Crippen molar-refractivity contribution >= 4 is 0 Å². The second kappa shape index (κ2) is 18.4. The third kappa shape index (κ3) is 11.6. The summed E-state index contributed by atoms with van der Waals surface area (Å²) in [6.45, 7) is 5.47. The maximum absolute atomic E-state index is 5.81. The van der Waals surface area contributed by atoms with E-state index in [1.807, 2.05) is 48.5 Å². The molecular formula is C28H48N4O3. The highest BCUT2D eigenvalue weighted by Crippen LogP contribution is 2.28. The molecule has 35 heavy (non-hydrogen) atoms. The maximum Gasteiger partial charge on any atom is 0.183 e. The van der Waals surface area contributed by atoms with E-state index in [0.29, 0.717) is 6.10 Å². The summed E-state index contributed by atoms with van der Waals surface area (Å²) in [4.78, 5) is 0. The summed E-state index contributed by atoms with van der Waals surface area (Å²) in [6.07, 6.45) is 9.54. The first-order chi connectivity index (χ1) is 17.0. The zero-order valence-corrected chi connectivity index (χ0v) is 22.1. The first-order valence-corrected chi connectivity index (χ1v) is 12.7. The molecule has 2 fully saturated rings. The standard InChI is InChI=1S/C16H20N2O2.C6H12O.C6H12.H4N2/c1-19-16(20-2)12-9-7-11(8-10-12)13-5-3-4-6-14(13)15(17)18;1-6-4-2-3-5-7-6;1-6-4-2-3-5-6;1-2/h3-10,15-16H,17-18H2,1-2H3;6H,2-5H2,1H3;6H,2-5H2,1H3;1-2H2. The zero-order valence-electron chi connectivity index (χ0n) is 22.1. The lowest BCUT2D eigenvalue weighted by Crippen LogP contribution is -2.20. The fourth-order valence-electron chi connectivity index (χ4n) is 4.27. The van der Waals surface area contributed by atoms with Crippen molar-refractivity contribution in [3.63, 3.8) is 0 Å². The van der Waals surface area contributed by atoms with Gasteiger partial charge in [0.2, 0.25) is 0 Å². The topological polar surface area (TPSA) is 132 Å². The van der Waals surface area contributed by atoms with E-state index in [2.05, 4.69) is 25.5 Å². The Labute approximate surface area is 212 Å². The van der Waals surface area contributed by atoms with Crippen molar-refractivity contribution in [3.8, 4) is 11.1 Å². The highest BCUT2D eigenvalue weighted by molar-refractivity contribution is 5.68. The summed E-state index contributed by atoms with van der Waals surface area (Å²) in [5, 5.41) is 0. The fourth-order valence-corrected chi connectivity index (χ4v) is 4.27. The SMILES string of the molecule is CC1CCCC1.CC1CCCCO1.COC(OC)c1ccc(-c2ccccc2C(N)N)cc1.NN. The van der Waals surface area contributed by atoms with Gasteiger partial charge in [0.25, 0.3) is 0 Å². The van der Waals surface area contributed by atoms with Gasteiger partial charge in [-0.15, -0.1) is 0 Å². The highest BCUT2D eigenvalue weighted by atomic mass is 16.7. The van der Waals surface area contributed by atoms with Crippen LogP contribution in [0.3, 0.4) is 0 Å². The van der Waals surface area contributed by atoms with Gasteiger partial charge in [-0.2, -0.15) is 0 Å². The number of hydrogen-bond donors (Lipinski definition) is 4. The molecule has 7 nitrogen and oxygen atoms in total. The molecule has 198 valence electrons. The van der Waals surface area contributed by atoms with E-state index in [9.17, 15) is 0 Å². The van der Waals surface area contributed by atoms with Gasteiger partial charge >= 0.3 is 0 Å². The number of benzene rings is 2. The Balaban J connectivity index is 0.000000330. The Bertz CT molecular complexity index is 770. The number of nitrogens with two attached hydrogens (primary N) is 4. The van der Waals surface area contributed by atoms with Crippen molar-refractivity contribution in [2.24, 2.45) is 29.1 Å². The second-order valence-corrected chi connectivity index (χ2v) is 9.11. The highest BCUT2D eigenvalue weighted by Gasteiger charge is 2.11. The van der Waals surface area contributed by atoms with Crippen molar-refractivity contribution < 1.29 is 14.2 Å². The number of rotatable bonds is 5. The van der Waals surface area contributed by atoms with Crippen LogP contribution in [-0.4, -0.2) is 26.9 Å². The van der Waals surface area contributed by atoms with Gasteiger partial charge in [-0.3, -0.25) is 11.7 Å². The van der Waals surface area contributed by atoms with Gasteiger partial charge in [0, 0.05) is 26.4 Å². The molecule has 1 unspecified atom stereocenters. The molecule has 1 saturated heterocycles. The lowest BCUT2D eigenvalue weighted by molar-refractivity contribution is -0.106. The zero-order chi connectivity index (χ0) is 26.1. The Morgan fingerprint density at radius 1 is 0.800 bits per heavy atom. The van der Waals surface area contributed by atoms with E-state index in [1.165, 1.54) is 44.9 Å². The van der Waals surface area contributed by atoms with E-state index < -0.39 is 6.17 Å². The van der Waals surface area contributed by atoms with Gasteiger partial charge in [0.05, 0.1) is 12.3 Å². The van der Waals surface area contributed by atoms with Crippen LogP contribution in [0.25, 0.3) is 11.1 Å². The average Bonchev–Trinajstić information content (AvgIpc) is 3.38. The molecule has 1 aliphatic heterocycles. The summed E-state index contributed by atoms with van der Waals surface area (Å²) in [5.41, 5.74) is 15.6. The van der Waals surface area contributed by atoms with Gasteiger partial charge in [-0.25, -0.2) is 0 Å². The monoisotopic (exact) mass is 488 g/mol. The third-order valence-electron chi connectivity index (χ3n) is 6.29. The van der Waals surface area contributed by atoms with Crippen LogP contribution in [0.2, 0.25) is 0 Å². The third-order valence-corrected chi connectivity index (χ3v) is 6.29. The number of methoxy groups -OCH3 is 2. The van der Waals surface area contributed by atoms with Gasteiger partial charge in [-0.05, 0) is 48.8 Å². The second-order valence-electron chi connectivity index (χ2n) is 9.11. The molecule has 1 heterocycles. The van der Waals surface area contributed by atoms with Crippen molar-refractivity contribution in [2.45, 2.75) is 77.4 Å². The average molecular weight is 489 g/mol. The molecule has 2 aromatic carbocycles. The Hall–Kier alpha value is -1.84. The largest absolute Gasteiger partial charge is 0.379 e. The first kappa shape index (κ1) is 31.2. The molecule has 0 amide bonds. The van der Waals surface area contributed by atoms with Crippen LogP contribution < -0.4 is 23.2 Å². The molecular weight excluding hydrogens is 440 g/mol. The van der Waals surface area contributed by atoms with Gasteiger partial charge < -0.3 is 25.7 Å². The normalized spacial score (nSPS) is 17.6. The van der Waals surface area contributed by atoms with E-state index in [0.717, 1.165) is 34.8 Å². The van der Waals surface area contributed by atoms with E-state index in [-0.39, 0.29) is 6.29 Å². The van der Waals surface area contributed by atoms with Crippen LogP contribution in [0.15, 0.2) is 48.5 Å². The molecule has 4 rings (SSSR count). The van der Waals surface area contributed by atoms with Crippen LogP contribution in [0.5, 0.6) is 0 Å². The molecule has 0 aromatic heterocycles. The minimum atomic E-state index is -0.489. The van der Waals surface area contributed by atoms with Crippen LogP contribution in [-0.2, 0) is 14.2 Å². The van der Waals surface area contributed by atoms with Crippen molar-refractivity contribution in [1.82, 2.24) is 0 Å². The minimum absolute atomic E-state index is 0.351. The summed E-state index contributed by atoms with van der Waals surface area (Å²) in [6, 6.07) is 15.9. The maximum atomic E-state index is 5.81. The number of hydrazine groups is 1. The molecule has 0 spiro atoms. The van der Waals surface area contributed by atoms with Crippen LogP contribution in [0.4, 0.5) is 0 Å². The minimum Gasteiger partial charge on any atom is -0.379 e. The summed E-state index contributed by atoms with van der Waals surface area (Å²) in [7, 11) is 3.23. The lowest BCUT2D eigenvalue weighted by Gasteiger charge is -2.17. The van der Waals surface area contributed by atoms with Crippen LogP contribution in [0.1, 0.15) is 82.4 Å². The predicted octanol–water partition coefficient (Wildman–Crippen LogP) is 5.15. The molecule has 1 atom stereocenters. The van der Waals surface area contributed by atoms with E-state index in [4.69, 9.17) is 25.7 Å². The van der Waals surface area contributed by atoms with Gasteiger partial charge in [0.15, 0.2) is 6.29 Å². The quantitative estimate of drug-likeness (QED) is 0.260. The molecule has 0 bridgehead atoms. The van der Waals surface area contributed by atoms with Crippen molar-refractivity contribution in [2.75, 3.05) is 20.8 Å². The van der Waals surface area contributed by atoms with Crippen LogP contribution in [0, 0.1) is 5.92 Å². The van der Waals surface area contributed by atoms with Crippen molar-refractivity contribution in [1.29, 1.82) is 0 Å². The smallest absolute Gasteiger partial charge is 0.183 e. The van der Waals surface area contributed by atoms with Gasteiger partial charge in [0.1, 0.15) is 0 Å². The molecule has 8 N–H and O–H groups in total. The first-order valence-electron chi connectivity index (χ1n) is 12.7. The number of hydrogen-bond acceptors (Lipinski definition) is 7. The fraction of sp³-hybridized carbons (Fsp3) is 0.571. The molecule has 2 aliphatic rings. The number of ether oxygens (including phenoxy) is 3. The summed E-state index contributed by atoms with van der Waals surface area (Å²) in [5.74, 6) is 9.05. The molecule has 1 aliphatic carbocycles. The Morgan fingerprint density at radius 2 is 1.37 bits per heavy atom. The van der Waals surface area contributed by atoms with Crippen molar-refractivity contribution in [3.05, 3.63) is 59.7 Å². The van der Waals surface area contributed by atoms with E-state index in [1.54, 1.807) is 14.2 Å².